The Hall–Kier alpha value is -2.09. The number of hydrogen-bond acceptors (Lipinski definition) is 3. The first-order valence-corrected chi connectivity index (χ1v) is 7.77. The molecule has 0 fully saturated rings. The molecule has 0 saturated heterocycles. The Morgan fingerprint density at radius 2 is 2.00 bits per heavy atom. The van der Waals surface area contributed by atoms with Gasteiger partial charge in [0.1, 0.15) is 0 Å². The lowest BCUT2D eigenvalue weighted by Crippen LogP contribution is -2.43. The van der Waals surface area contributed by atoms with Gasteiger partial charge in [0.2, 0.25) is 5.91 Å². The summed E-state index contributed by atoms with van der Waals surface area (Å²) in [5.74, 6) is -2.01. The number of hydrogen-bond donors (Lipinski definition) is 3. The molecular weight excluding hydrogens is 366 g/mol. The Labute approximate surface area is 143 Å². The third-order valence-corrected chi connectivity index (χ3v) is 3.67. The van der Waals surface area contributed by atoms with E-state index in [1.165, 1.54) is 18.9 Å². The van der Waals surface area contributed by atoms with Gasteiger partial charge >= 0.3 is 12.0 Å². The smallest absolute Gasteiger partial charge is 0.317 e. The molecule has 0 bridgehead atoms. The van der Waals surface area contributed by atoms with Crippen molar-refractivity contribution in [2.45, 2.75) is 13.8 Å². The van der Waals surface area contributed by atoms with E-state index in [2.05, 4.69) is 26.6 Å². The molecule has 0 aliphatic rings. The summed E-state index contributed by atoms with van der Waals surface area (Å²) in [6, 6.07) is 4.94. The van der Waals surface area contributed by atoms with Crippen LogP contribution in [0.2, 0.25) is 0 Å². The summed E-state index contributed by atoms with van der Waals surface area (Å²) in [4.78, 5) is 35.7. The van der Waals surface area contributed by atoms with Gasteiger partial charge in [-0.1, -0.05) is 22.9 Å². The second kappa shape index (κ2) is 8.52. The quantitative estimate of drug-likeness (QED) is 0.697. The number of amides is 3. The molecule has 1 unspecified atom stereocenters. The number of carbonyl (C=O) groups is 3. The lowest BCUT2D eigenvalue weighted by Gasteiger charge is -2.20. The molecule has 0 aliphatic heterocycles. The second-order valence-corrected chi connectivity index (χ2v) is 6.20. The van der Waals surface area contributed by atoms with Gasteiger partial charge in [-0.2, -0.15) is 0 Å². The van der Waals surface area contributed by atoms with Crippen molar-refractivity contribution in [2.24, 2.45) is 5.92 Å². The van der Waals surface area contributed by atoms with Gasteiger partial charge < -0.3 is 20.6 Å². The van der Waals surface area contributed by atoms with Gasteiger partial charge in [-0.15, -0.1) is 0 Å². The SMILES string of the molecule is Cc1cc(Br)ccc1NC(=O)CNC(=O)N(C)CC(C)C(=O)O. The molecular formula is C15H20BrN3O4. The minimum absolute atomic E-state index is 0.0641. The molecule has 1 aromatic carbocycles. The molecule has 23 heavy (non-hydrogen) atoms. The lowest BCUT2D eigenvalue weighted by molar-refractivity contribution is -0.141. The minimum atomic E-state index is -0.979. The highest BCUT2D eigenvalue weighted by atomic mass is 79.9. The molecule has 1 rings (SSSR count). The topological polar surface area (TPSA) is 98.7 Å². The van der Waals surface area contributed by atoms with Crippen LogP contribution in [0.4, 0.5) is 10.5 Å². The van der Waals surface area contributed by atoms with E-state index < -0.39 is 17.9 Å². The number of carbonyl (C=O) groups excluding carboxylic acids is 2. The predicted molar refractivity (Wildman–Crippen MR) is 90.3 cm³/mol. The molecule has 0 heterocycles. The van der Waals surface area contributed by atoms with E-state index in [1.54, 1.807) is 6.07 Å². The highest BCUT2D eigenvalue weighted by molar-refractivity contribution is 9.10. The van der Waals surface area contributed by atoms with Crippen LogP contribution in [-0.2, 0) is 9.59 Å². The van der Waals surface area contributed by atoms with Crippen molar-refractivity contribution in [3.63, 3.8) is 0 Å². The number of urea groups is 1. The molecule has 1 aromatic rings. The monoisotopic (exact) mass is 385 g/mol. The van der Waals surface area contributed by atoms with Gasteiger partial charge in [0.05, 0.1) is 12.5 Å². The maximum Gasteiger partial charge on any atom is 0.317 e. The zero-order valence-corrected chi connectivity index (χ0v) is 14.8. The molecule has 8 heteroatoms. The molecule has 1 atom stereocenters. The normalized spacial score (nSPS) is 11.5. The van der Waals surface area contributed by atoms with Crippen LogP contribution in [0.25, 0.3) is 0 Å². The summed E-state index contributed by atoms with van der Waals surface area (Å²) in [5.41, 5.74) is 1.56. The van der Waals surface area contributed by atoms with E-state index >= 15 is 0 Å². The molecule has 126 valence electrons. The average Bonchev–Trinajstić information content (AvgIpc) is 2.47. The van der Waals surface area contributed by atoms with Crippen molar-refractivity contribution in [3.05, 3.63) is 28.2 Å². The molecule has 3 N–H and O–H groups in total. The molecule has 7 nitrogen and oxygen atoms in total. The Balaban J connectivity index is 2.46. The first kappa shape index (κ1) is 19.0. The fraction of sp³-hybridized carbons (Fsp3) is 0.400. The summed E-state index contributed by atoms with van der Waals surface area (Å²) in [6.07, 6.45) is 0. The first-order valence-electron chi connectivity index (χ1n) is 6.98. The van der Waals surface area contributed by atoms with Crippen LogP contribution in [0.3, 0.4) is 0 Å². The predicted octanol–water partition coefficient (Wildman–Crippen LogP) is 2.06. The number of carboxylic acid groups (broad SMARTS) is 1. The van der Waals surface area contributed by atoms with Crippen LogP contribution in [0.5, 0.6) is 0 Å². The number of aryl methyl sites for hydroxylation is 1. The standard InChI is InChI=1S/C15H20BrN3O4/c1-9-6-11(16)4-5-12(9)18-13(20)7-17-15(23)19(3)8-10(2)14(21)22/h4-6,10H,7-8H2,1-3H3,(H,17,23)(H,18,20)(H,21,22). The number of anilines is 1. The third kappa shape index (κ3) is 6.27. The highest BCUT2D eigenvalue weighted by Gasteiger charge is 2.17. The van der Waals surface area contributed by atoms with Crippen LogP contribution in [0, 0.1) is 12.8 Å². The van der Waals surface area contributed by atoms with Crippen molar-refractivity contribution in [1.29, 1.82) is 0 Å². The van der Waals surface area contributed by atoms with Gasteiger partial charge in [0, 0.05) is 23.8 Å². The van der Waals surface area contributed by atoms with E-state index in [0.29, 0.717) is 5.69 Å². The van der Waals surface area contributed by atoms with Gasteiger partial charge in [0.25, 0.3) is 0 Å². The highest BCUT2D eigenvalue weighted by Crippen LogP contribution is 2.19. The zero-order chi connectivity index (χ0) is 17.6. The zero-order valence-electron chi connectivity index (χ0n) is 13.2. The number of nitrogens with zero attached hydrogens (tertiary/aromatic N) is 1. The van der Waals surface area contributed by atoms with E-state index in [4.69, 9.17) is 5.11 Å². The Kier molecular flexibility index (Phi) is 7.02. The summed E-state index contributed by atoms with van der Waals surface area (Å²) in [7, 11) is 1.48. The van der Waals surface area contributed by atoms with Crippen molar-refractivity contribution in [2.75, 3.05) is 25.5 Å². The van der Waals surface area contributed by atoms with Crippen LogP contribution in [0.1, 0.15) is 12.5 Å². The lowest BCUT2D eigenvalue weighted by atomic mass is 10.2. The van der Waals surface area contributed by atoms with Crippen molar-refractivity contribution < 1.29 is 19.5 Å². The number of carboxylic acids is 1. The van der Waals surface area contributed by atoms with Gasteiger partial charge in [0.15, 0.2) is 0 Å². The fourth-order valence-corrected chi connectivity index (χ4v) is 2.30. The van der Waals surface area contributed by atoms with E-state index in [1.807, 2.05) is 19.1 Å². The fourth-order valence-electron chi connectivity index (χ4n) is 1.82. The minimum Gasteiger partial charge on any atom is -0.481 e. The number of nitrogens with one attached hydrogen (secondary N) is 2. The maximum atomic E-state index is 11.9. The van der Waals surface area contributed by atoms with Crippen molar-refractivity contribution in [1.82, 2.24) is 10.2 Å². The Bertz CT molecular complexity index is 606. The number of halogens is 1. The third-order valence-electron chi connectivity index (χ3n) is 3.18. The Morgan fingerprint density at radius 3 is 2.57 bits per heavy atom. The molecule has 0 aromatic heterocycles. The summed E-state index contributed by atoms with van der Waals surface area (Å²) in [5, 5.41) is 14.0. The summed E-state index contributed by atoms with van der Waals surface area (Å²) < 4.78 is 0.912. The summed E-state index contributed by atoms with van der Waals surface area (Å²) >= 11 is 3.34. The average molecular weight is 386 g/mol. The number of aliphatic carboxylic acids is 1. The number of rotatable bonds is 6. The Morgan fingerprint density at radius 1 is 1.35 bits per heavy atom. The molecule has 0 aliphatic carbocycles. The van der Waals surface area contributed by atoms with Gasteiger partial charge in [-0.3, -0.25) is 9.59 Å². The van der Waals surface area contributed by atoms with Crippen LogP contribution < -0.4 is 10.6 Å². The van der Waals surface area contributed by atoms with Crippen LogP contribution in [0.15, 0.2) is 22.7 Å². The van der Waals surface area contributed by atoms with E-state index in [-0.39, 0.29) is 19.0 Å². The molecule has 0 spiro atoms. The van der Waals surface area contributed by atoms with Gasteiger partial charge in [-0.25, -0.2) is 4.79 Å². The van der Waals surface area contributed by atoms with Crippen molar-refractivity contribution >= 4 is 39.5 Å². The first-order chi connectivity index (χ1) is 10.7. The maximum absolute atomic E-state index is 11.9. The van der Waals surface area contributed by atoms with Crippen LogP contribution in [-0.4, -0.2) is 48.1 Å². The van der Waals surface area contributed by atoms with E-state index in [9.17, 15) is 14.4 Å². The molecule has 3 amide bonds. The molecule has 0 radical (unpaired) electrons. The molecule has 0 saturated carbocycles. The van der Waals surface area contributed by atoms with Crippen LogP contribution >= 0.6 is 15.9 Å². The van der Waals surface area contributed by atoms with Gasteiger partial charge in [-0.05, 0) is 30.7 Å². The number of benzene rings is 1. The second-order valence-electron chi connectivity index (χ2n) is 5.29. The largest absolute Gasteiger partial charge is 0.481 e. The van der Waals surface area contributed by atoms with Crippen molar-refractivity contribution in [3.8, 4) is 0 Å². The summed E-state index contributed by atoms with van der Waals surface area (Å²) in [6.45, 7) is 3.24. The van der Waals surface area contributed by atoms with E-state index in [0.717, 1.165) is 10.0 Å².